The second-order valence-corrected chi connectivity index (χ2v) is 6.47. The Morgan fingerprint density at radius 3 is 2.96 bits per heavy atom. The summed E-state index contributed by atoms with van der Waals surface area (Å²) in [5, 5.41) is 0. The van der Waals surface area contributed by atoms with Gasteiger partial charge in [0.1, 0.15) is 5.76 Å². The number of hydrogen-bond donors (Lipinski definition) is 0. The van der Waals surface area contributed by atoms with E-state index in [9.17, 15) is 0 Å². The van der Waals surface area contributed by atoms with Crippen LogP contribution in [0.4, 0.5) is 0 Å². The summed E-state index contributed by atoms with van der Waals surface area (Å²) in [5.74, 6) is 1.64. The van der Waals surface area contributed by atoms with Crippen LogP contribution in [-0.4, -0.2) is 36.2 Å². The van der Waals surface area contributed by atoms with Crippen LogP contribution in [0, 0.1) is 13.8 Å². The molecule has 1 aromatic carbocycles. The molecule has 4 heteroatoms. The molecule has 124 valence electrons. The van der Waals surface area contributed by atoms with Crippen molar-refractivity contribution >= 4 is 0 Å². The number of methoxy groups -OCH3 is 1. The van der Waals surface area contributed by atoms with Crippen molar-refractivity contribution in [3.63, 3.8) is 0 Å². The van der Waals surface area contributed by atoms with Crippen molar-refractivity contribution in [2.24, 2.45) is 0 Å². The number of likely N-dealkylation sites (tertiary alicyclic amines) is 1. The highest BCUT2D eigenvalue weighted by molar-refractivity contribution is 5.54. The standard InChI is InChI=1S/C19H26N2O2/c1-14-7-6-8-16(11-14)19-20-18(15(2)23-19)12-21-10-5-4-9-17(21)13-22-3/h6-8,11,17H,4-5,9-10,12-13H2,1-3H3/t17-/m1/s1. The van der Waals surface area contributed by atoms with E-state index in [-0.39, 0.29) is 0 Å². The number of rotatable bonds is 5. The molecule has 1 aromatic heterocycles. The summed E-state index contributed by atoms with van der Waals surface area (Å²) in [6, 6.07) is 8.79. The average Bonchev–Trinajstić information content (AvgIpc) is 2.91. The molecule has 0 radical (unpaired) electrons. The number of aryl methyl sites for hydroxylation is 2. The lowest BCUT2D eigenvalue weighted by Crippen LogP contribution is -2.41. The number of aromatic nitrogens is 1. The molecule has 23 heavy (non-hydrogen) atoms. The van der Waals surface area contributed by atoms with Crippen molar-refractivity contribution < 1.29 is 9.15 Å². The van der Waals surface area contributed by atoms with Crippen LogP contribution in [-0.2, 0) is 11.3 Å². The third-order valence-corrected chi connectivity index (χ3v) is 4.62. The predicted molar refractivity (Wildman–Crippen MR) is 91.3 cm³/mol. The van der Waals surface area contributed by atoms with Gasteiger partial charge in [-0.15, -0.1) is 0 Å². The van der Waals surface area contributed by atoms with Gasteiger partial charge in [0.25, 0.3) is 0 Å². The zero-order valence-corrected chi connectivity index (χ0v) is 14.3. The van der Waals surface area contributed by atoms with Crippen molar-refractivity contribution in [3.8, 4) is 11.5 Å². The molecular weight excluding hydrogens is 288 g/mol. The van der Waals surface area contributed by atoms with E-state index in [2.05, 4.69) is 30.0 Å². The van der Waals surface area contributed by atoms with E-state index in [1.54, 1.807) is 7.11 Å². The second-order valence-electron chi connectivity index (χ2n) is 6.47. The summed E-state index contributed by atoms with van der Waals surface area (Å²) in [4.78, 5) is 7.24. The van der Waals surface area contributed by atoms with Gasteiger partial charge in [-0.05, 0) is 45.4 Å². The fourth-order valence-corrected chi connectivity index (χ4v) is 3.32. The second kappa shape index (κ2) is 7.28. The topological polar surface area (TPSA) is 38.5 Å². The Bertz CT molecular complexity index is 649. The molecule has 1 atom stereocenters. The largest absolute Gasteiger partial charge is 0.441 e. The maximum atomic E-state index is 5.92. The molecule has 1 fully saturated rings. The zero-order chi connectivity index (χ0) is 16.2. The van der Waals surface area contributed by atoms with E-state index < -0.39 is 0 Å². The summed E-state index contributed by atoms with van der Waals surface area (Å²) >= 11 is 0. The Balaban J connectivity index is 1.78. The van der Waals surface area contributed by atoms with Crippen LogP contribution in [0.25, 0.3) is 11.5 Å². The van der Waals surface area contributed by atoms with Gasteiger partial charge in [-0.2, -0.15) is 0 Å². The molecule has 0 bridgehead atoms. The van der Waals surface area contributed by atoms with Crippen molar-refractivity contribution in [1.82, 2.24) is 9.88 Å². The fourth-order valence-electron chi connectivity index (χ4n) is 3.32. The van der Waals surface area contributed by atoms with Gasteiger partial charge in [0.15, 0.2) is 0 Å². The first-order chi connectivity index (χ1) is 11.2. The van der Waals surface area contributed by atoms with Crippen molar-refractivity contribution in [2.75, 3.05) is 20.3 Å². The third kappa shape index (κ3) is 3.82. The molecule has 1 saturated heterocycles. The first kappa shape index (κ1) is 16.2. The molecule has 0 saturated carbocycles. The Morgan fingerprint density at radius 1 is 1.30 bits per heavy atom. The number of piperidine rings is 1. The van der Waals surface area contributed by atoms with E-state index in [4.69, 9.17) is 14.1 Å². The first-order valence-corrected chi connectivity index (χ1v) is 8.43. The fraction of sp³-hybridized carbons (Fsp3) is 0.526. The van der Waals surface area contributed by atoms with Gasteiger partial charge in [-0.25, -0.2) is 4.98 Å². The molecule has 0 aliphatic carbocycles. The SMILES string of the molecule is COC[C@H]1CCCCN1Cc1nc(-c2cccc(C)c2)oc1C. The lowest BCUT2D eigenvalue weighted by molar-refractivity contribution is 0.0590. The van der Waals surface area contributed by atoms with Crippen LogP contribution >= 0.6 is 0 Å². The summed E-state index contributed by atoms with van der Waals surface area (Å²) in [6.45, 7) is 6.84. The predicted octanol–water partition coefficient (Wildman–Crippen LogP) is 3.96. The number of hydrogen-bond acceptors (Lipinski definition) is 4. The Labute approximate surface area is 138 Å². The third-order valence-electron chi connectivity index (χ3n) is 4.62. The summed E-state index contributed by atoms with van der Waals surface area (Å²) in [5.41, 5.74) is 3.31. The van der Waals surface area contributed by atoms with Gasteiger partial charge in [0.05, 0.1) is 12.3 Å². The molecule has 0 spiro atoms. The van der Waals surface area contributed by atoms with Gasteiger partial charge in [-0.3, -0.25) is 4.90 Å². The van der Waals surface area contributed by atoms with Crippen LogP contribution in [0.1, 0.15) is 36.3 Å². The summed E-state index contributed by atoms with van der Waals surface area (Å²) in [6.07, 6.45) is 3.74. The minimum atomic E-state index is 0.493. The van der Waals surface area contributed by atoms with Gasteiger partial charge >= 0.3 is 0 Å². The van der Waals surface area contributed by atoms with E-state index in [1.165, 1.54) is 24.8 Å². The molecule has 2 aromatic rings. The van der Waals surface area contributed by atoms with Gasteiger partial charge < -0.3 is 9.15 Å². The van der Waals surface area contributed by atoms with Crippen LogP contribution < -0.4 is 0 Å². The molecule has 1 aliphatic heterocycles. The Hall–Kier alpha value is -1.65. The van der Waals surface area contributed by atoms with Crippen LogP contribution in [0.3, 0.4) is 0 Å². The molecule has 0 unspecified atom stereocenters. The molecule has 1 aliphatic rings. The maximum Gasteiger partial charge on any atom is 0.226 e. The quantitative estimate of drug-likeness (QED) is 0.837. The number of benzene rings is 1. The van der Waals surface area contributed by atoms with Crippen molar-refractivity contribution in [2.45, 2.75) is 45.7 Å². The highest BCUT2D eigenvalue weighted by Gasteiger charge is 2.24. The van der Waals surface area contributed by atoms with Gasteiger partial charge in [0, 0.05) is 25.3 Å². The molecule has 2 heterocycles. The number of ether oxygens (including phenoxy) is 1. The number of nitrogens with zero attached hydrogens (tertiary/aromatic N) is 2. The summed E-state index contributed by atoms with van der Waals surface area (Å²) < 4.78 is 11.3. The van der Waals surface area contributed by atoms with Gasteiger partial charge in [-0.1, -0.05) is 24.1 Å². The Kier molecular flexibility index (Phi) is 5.13. The van der Waals surface area contributed by atoms with Crippen molar-refractivity contribution in [1.29, 1.82) is 0 Å². The normalized spacial score (nSPS) is 19.2. The van der Waals surface area contributed by atoms with E-state index in [1.807, 2.05) is 13.0 Å². The van der Waals surface area contributed by atoms with Crippen LogP contribution in [0.5, 0.6) is 0 Å². The first-order valence-electron chi connectivity index (χ1n) is 8.43. The minimum absolute atomic E-state index is 0.493. The average molecular weight is 314 g/mol. The van der Waals surface area contributed by atoms with E-state index >= 15 is 0 Å². The highest BCUT2D eigenvalue weighted by atomic mass is 16.5. The van der Waals surface area contributed by atoms with Crippen molar-refractivity contribution in [3.05, 3.63) is 41.3 Å². The minimum Gasteiger partial charge on any atom is -0.441 e. The monoisotopic (exact) mass is 314 g/mol. The van der Waals surface area contributed by atoms with E-state index in [0.717, 1.165) is 42.6 Å². The Morgan fingerprint density at radius 2 is 2.17 bits per heavy atom. The molecule has 3 rings (SSSR count). The summed E-state index contributed by atoms with van der Waals surface area (Å²) in [7, 11) is 1.78. The lowest BCUT2D eigenvalue weighted by Gasteiger charge is -2.34. The molecular formula is C19H26N2O2. The zero-order valence-electron chi connectivity index (χ0n) is 14.3. The smallest absolute Gasteiger partial charge is 0.226 e. The van der Waals surface area contributed by atoms with E-state index in [0.29, 0.717) is 6.04 Å². The molecule has 0 amide bonds. The van der Waals surface area contributed by atoms with Crippen LogP contribution in [0.15, 0.2) is 28.7 Å². The highest BCUT2D eigenvalue weighted by Crippen LogP contribution is 2.25. The van der Waals surface area contributed by atoms with Crippen LogP contribution in [0.2, 0.25) is 0 Å². The maximum absolute atomic E-state index is 5.92. The lowest BCUT2D eigenvalue weighted by atomic mass is 10.0. The number of oxazole rings is 1. The van der Waals surface area contributed by atoms with Gasteiger partial charge in [0.2, 0.25) is 5.89 Å². The molecule has 4 nitrogen and oxygen atoms in total. The molecule has 0 N–H and O–H groups in total.